The highest BCUT2D eigenvalue weighted by molar-refractivity contribution is 9.10. The molecular weight excluding hydrogens is 372 g/mol. The van der Waals surface area contributed by atoms with E-state index in [1.807, 2.05) is 43.4 Å². The van der Waals surface area contributed by atoms with E-state index in [-0.39, 0.29) is 5.91 Å². The van der Waals surface area contributed by atoms with E-state index in [9.17, 15) is 4.79 Å². The molecule has 0 aliphatic carbocycles. The molecule has 2 aromatic carbocycles. The molecule has 0 saturated carbocycles. The van der Waals surface area contributed by atoms with E-state index in [0.717, 1.165) is 21.4 Å². The zero-order chi connectivity index (χ0) is 16.4. The molecule has 0 fully saturated rings. The first-order valence-corrected chi connectivity index (χ1v) is 9.27. The molecule has 23 heavy (non-hydrogen) atoms. The summed E-state index contributed by atoms with van der Waals surface area (Å²) >= 11 is 5.11. The molecule has 5 heteroatoms. The Morgan fingerprint density at radius 1 is 1.22 bits per heavy atom. The van der Waals surface area contributed by atoms with Crippen LogP contribution in [-0.2, 0) is 18.3 Å². The van der Waals surface area contributed by atoms with Crippen molar-refractivity contribution >= 4 is 50.2 Å². The lowest BCUT2D eigenvalue weighted by atomic mass is 10.2. The standard InChI is InChI=1S/C18H17BrN2OS/c1-21-15-9-4-3-8-14(15)18(23-2)16(21)11-17(22)20-13-7-5-6-12(19)10-13/h3-10H,11H2,1-2H3,(H,20,22). The van der Waals surface area contributed by atoms with Gasteiger partial charge in [0.05, 0.1) is 6.42 Å². The number of halogens is 1. The van der Waals surface area contributed by atoms with Gasteiger partial charge in [0.1, 0.15) is 0 Å². The Hall–Kier alpha value is -1.72. The fraction of sp³-hybridized carbons (Fsp3) is 0.167. The summed E-state index contributed by atoms with van der Waals surface area (Å²) in [5, 5.41) is 4.16. The van der Waals surface area contributed by atoms with E-state index in [1.54, 1.807) is 11.8 Å². The number of fused-ring (bicyclic) bond motifs is 1. The summed E-state index contributed by atoms with van der Waals surface area (Å²) in [4.78, 5) is 13.6. The van der Waals surface area contributed by atoms with Crippen LogP contribution in [0.15, 0.2) is 57.9 Å². The SMILES string of the molecule is CSc1c(CC(=O)Nc2cccc(Br)c2)n(C)c2ccccc12. The predicted molar refractivity (Wildman–Crippen MR) is 101 cm³/mol. The van der Waals surface area contributed by atoms with E-state index < -0.39 is 0 Å². The van der Waals surface area contributed by atoms with Crippen LogP contribution in [0.5, 0.6) is 0 Å². The van der Waals surface area contributed by atoms with Gasteiger partial charge in [-0.25, -0.2) is 0 Å². The maximum Gasteiger partial charge on any atom is 0.230 e. The summed E-state index contributed by atoms with van der Waals surface area (Å²) in [6, 6.07) is 15.9. The number of hydrogen-bond acceptors (Lipinski definition) is 2. The van der Waals surface area contributed by atoms with Gasteiger partial charge in [-0.1, -0.05) is 40.2 Å². The zero-order valence-electron chi connectivity index (χ0n) is 13.0. The van der Waals surface area contributed by atoms with Crippen LogP contribution in [-0.4, -0.2) is 16.7 Å². The molecule has 1 N–H and O–H groups in total. The van der Waals surface area contributed by atoms with Gasteiger partial charge >= 0.3 is 0 Å². The molecule has 0 saturated heterocycles. The number of hydrogen-bond donors (Lipinski definition) is 1. The minimum Gasteiger partial charge on any atom is -0.346 e. The Bertz CT molecular complexity index is 873. The van der Waals surface area contributed by atoms with Gasteiger partial charge in [0.2, 0.25) is 5.91 Å². The molecule has 1 aromatic heterocycles. The third-order valence-corrected chi connectivity index (χ3v) is 5.17. The van der Waals surface area contributed by atoms with Crippen LogP contribution < -0.4 is 5.32 Å². The molecule has 1 amide bonds. The quantitative estimate of drug-likeness (QED) is 0.648. The number of rotatable bonds is 4. The maximum absolute atomic E-state index is 12.4. The van der Waals surface area contributed by atoms with Gasteiger partial charge in [0, 0.05) is 38.7 Å². The molecule has 0 atom stereocenters. The predicted octanol–water partition coefficient (Wildman–Crippen LogP) is 4.84. The molecular formula is C18H17BrN2OS. The first kappa shape index (κ1) is 16.1. The van der Waals surface area contributed by atoms with Gasteiger partial charge in [-0.15, -0.1) is 11.8 Å². The number of carbonyl (C=O) groups excluding carboxylic acids is 1. The van der Waals surface area contributed by atoms with Crippen molar-refractivity contribution in [2.45, 2.75) is 11.3 Å². The van der Waals surface area contributed by atoms with Crippen molar-refractivity contribution in [3.63, 3.8) is 0 Å². The van der Waals surface area contributed by atoms with Crippen molar-refractivity contribution in [3.8, 4) is 0 Å². The first-order chi connectivity index (χ1) is 11.1. The van der Waals surface area contributed by atoms with E-state index in [2.05, 4.69) is 44.2 Å². The van der Waals surface area contributed by atoms with Crippen molar-refractivity contribution in [1.82, 2.24) is 4.57 Å². The second-order valence-corrected chi connectivity index (χ2v) is 7.02. The lowest BCUT2D eigenvalue weighted by Crippen LogP contribution is -2.16. The number of aromatic nitrogens is 1. The van der Waals surface area contributed by atoms with Crippen molar-refractivity contribution in [1.29, 1.82) is 0 Å². The van der Waals surface area contributed by atoms with Crippen LogP contribution >= 0.6 is 27.7 Å². The average Bonchev–Trinajstić information content (AvgIpc) is 2.80. The average molecular weight is 389 g/mol. The van der Waals surface area contributed by atoms with Crippen molar-refractivity contribution in [3.05, 3.63) is 58.7 Å². The molecule has 3 rings (SSSR count). The highest BCUT2D eigenvalue weighted by atomic mass is 79.9. The van der Waals surface area contributed by atoms with Crippen LogP contribution in [0.25, 0.3) is 10.9 Å². The molecule has 0 aliphatic rings. The normalized spacial score (nSPS) is 10.9. The Kier molecular flexibility index (Phi) is 4.78. The molecule has 0 spiro atoms. The number of para-hydroxylation sites is 1. The minimum absolute atomic E-state index is 0.00990. The summed E-state index contributed by atoms with van der Waals surface area (Å²) in [6.07, 6.45) is 2.41. The topological polar surface area (TPSA) is 34.0 Å². The van der Waals surface area contributed by atoms with E-state index in [1.165, 1.54) is 10.3 Å². The zero-order valence-corrected chi connectivity index (χ0v) is 15.4. The Labute approximate surface area is 148 Å². The third kappa shape index (κ3) is 3.31. The molecule has 3 nitrogen and oxygen atoms in total. The van der Waals surface area contributed by atoms with Crippen LogP contribution in [0.2, 0.25) is 0 Å². The smallest absolute Gasteiger partial charge is 0.230 e. The van der Waals surface area contributed by atoms with E-state index in [4.69, 9.17) is 0 Å². The van der Waals surface area contributed by atoms with Crippen LogP contribution in [0.4, 0.5) is 5.69 Å². The Morgan fingerprint density at radius 3 is 2.74 bits per heavy atom. The second-order valence-electron chi connectivity index (χ2n) is 5.29. The number of anilines is 1. The lowest BCUT2D eigenvalue weighted by Gasteiger charge is -2.08. The van der Waals surface area contributed by atoms with Gasteiger partial charge in [-0.2, -0.15) is 0 Å². The van der Waals surface area contributed by atoms with Gasteiger partial charge < -0.3 is 9.88 Å². The highest BCUT2D eigenvalue weighted by Gasteiger charge is 2.17. The molecule has 1 heterocycles. The van der Waals surface area contributed by atoms with Gasteiger partial charge in [0.25, 0.3) is 0 Å². The van der Waals surface area contributed by atoms with Gasteiger partial charge in [-0.05, 0) is 30.5 Å². The molecule has 3 aromatic rings. The number of nitrogens with zero attached hydrogens (tertiary/aromatic N) is 1. The number of benzene rings is 2. The monoisotopic (exact) mass is 388 g/mol. The van der Waals surface area contributed by atoms with Crippen LogP contribution in [0.3, 0.4) is 0 Å². The van der Waals surface area contributed by atoms with E-state index >= 15 is 0 Å². The lowest BCUT2D eigenvalue weighted by molar-refractivity contribution is -0.115. The largest absolute Gasteiger partial charge is 0.346 e. The number of carbonyl (C=O) groups is 1. The Morgan fingerprint density at radius 2 is 2.00 bits per heavy atom. The fourth-order valence-corrected chi connectivity index (χ4v) is 4.00. The number of thioether (sulfide) groups is 1. The molecule has 118 valence electrons. The number of amides is 1. The number of nitrogens with one attached hydrogen (secondary N) is 1. The first-order valence-electron chi connectivity index (χ1n) is 7.26. The minimum atomic E-state index is -0.00990. The number of aryl methyl sites for hydroxylation is 1. The van der Waals surface area contributed by atoms with Crippen LogP contribution in [0, 0.1) is 0 Å². The van der Waals surface area contributed by atoms with Gasteiger partial charge in [-0.3, -0.25) is 4.79 Å². The van der Waals surface area contributed by atoms with E-state index in [0.29, 0.717) is 6.42 Å². The summed E-state index contributed by atoms with van der Waals surface area (Å²) in [7, 11) is 2.02. The van der Waals surface area contributed by atoms with Crippen LogP contribution in [0.1, 0.15) is 5.69 Å². The summed E-state index contributed by atoms with van der Waals surface area (Å²) in [5.41, 5.74) is 3.00. The maximum atomic E-state index is 12.4. The summed E-state index contributed by atoms with van der Waals surface area (Å²) in [6.45, 7) is 0. The van der Waals surface area contributed by atoms with Crippen molar-refractivity contribution < 1.29 is 4.79 Å². The highest BCUT2D eigenvalue weighted by Crippen LogP contribution is 2.32. The molecule has 0 aliphatic heterocycles. The van der Waals surface area contributed by atoms with Gasteiger partial charge in [0.15, 0.2) is 0 Å². The fourth-order valence-electron chi connectivity index (χ4n) is 2.76. The van der Waals surface area contributed by atoms with Crippen molar-refractivity contribution in [2.24, 2.45) is 7.05 Å². The summed E-state index contributed by atoms with van der Waals surface area (Å²) < 4.78 is 3.06. The molecule has 0 radical (unpaired) electrons. The molecule has 0 bridgehead atoms. The molecule has 0 unspecified atom stereocenters. The third-order valence-electron chi connectivity index (χ3n) is 3.82. The Balaban J connectivity index is 1.89. The van der Waals surface area contributed by atoms with Crippen molar-refractivity contribution in [2.75, 3.05) is 11.6 Å². The second kappa shape index (κ2) is 6.81. The summed E-state index contributed by atoms with van der Waals surface area (Å²) in [5.74, 6) is -0.00990.